The maximum Gasteiger partial charge on any atom is 0.308 e. The number of hydrogen-bond acceptors (Lipinski definition) is 2. The zero-order valence-electron chi connectivity index (χ0n) is 10.4. The molecule has 1 saturated heterocycles. The van der Waals surface area contributed by atoms with Crippen molar-refractivity contribution in [2.75, 3.05) is 13.1 Å². The minimum atomic E-state index is -0.732. The largest absolute Gasteiger partial charge is 0.481 e. The lowest BCUT2D eigenvalue weighted by atomic mass is 9.75. The summed E-state index contributed by atoms with van der Waals surface area (Å²) in [6.07, 6.45) is 5.99. The molecule has 1 aliphatic carbocycles. The van der Waals surface area contributed by atoms with Crippen molar-refractivity contribution in [3.63, 3.8) is 0 Å². The second kappa shape index (κ2) is 5.07. The molecule has 4 heteroatoms. The number of hydrogen-bond donors (Lipinski definition) is 1. The molecule has 1 aliphatic heterocycles. The van der Waals surface area contributed by atoms with Crippen LogP contribution in [0.5, 0.6) is 0 Å². The minimum Gasteiger partial charge on any atom is -0.481 e. The lowest BCUT2D eigenvalue weighted by molar-refractivity contribution is -0.143. The Bertz CT molecular complexity index is 310. The highest BCUT2D eigenvalue weighted by Gasteiger charge is 2.42. The molecule has 2 aliphatic rings. The van der Waals surface area contributed by atoms with Crippen LogP contribution in [-0.4, -0.2) is 35.0 Å². The molecule has 0 unspecified atom stereocenters. The minimum absolute atomic E-state index is 0.00885. The number of likely N-dealkylation sites (tertiary alicyclic amines) is 1. The van der Waals surface area contributed by atoms with Gasteiger partial charge in [0.2, 0.25) is 5.91 Å². The van der Waals surface area contributed by atoms with Gasteiger partial charge in [0.1, 0.15) is 0 Å². The van der Waals surface area contributed by atoms with Gasteiger partial charge in [-0.25, -0.2) is 0 Å². The third-order valence-corrected chi connectivity index (χ3v) is 4.38. The summed E-state index contributed by atoms with van der Waals surface area (Å²) in [5.74, 6) is -0.383. The highest BCUT2D eigenvalue weighted by Crippen LogP contribution is 2.38. The Morgan fingerprint density at radius 2 is 1.76 bits per heavy atom. The summed E-state index contributed by atoms with van der Waals surface area (Å²) in [7, 11) is 0. The Labute approximate surface area is 102 Å². The van der Waals surface area contributed by atoms with E-state index in [0.717, 1.165) is 12.8 Å². The zero-order valence-corrected chi connectivity index (χ0v) is 10.4. The van der Waals surface area contributed by atoms with E-state index in [1.165, 1.54) is 26.2 Å². The average molecular weight is 239 g/mol. The standard InChI is InChI=1S/C13H21NO3/c1-9(15)14-7-11(12(8-14)13(16)17)10-5-3-2-4-6-10/h10-12H,2-8H2,1H3,(H,16,17)/t11-,12+/m1/s1. The van der Waals surface area contributed by atoms with Crippen LogP contribution < -0.4 is 0 Å². The molecular formula is C13H21NO3. The van der Waals surface area contributed by atoms with Crippen LogP contribution in [0.3, 0.4) is 0 Å². The topological polar surface area (TPSA) is 57.6 Å². The molecule has 0 aromatic heterocycles. The van der Waals surface area contributed by atoms with Crippen molar-refractivity contribution < 1.29 is 14.7 Å². The molecule has 0 spiro atoms. The highest BCUT2D eigenvalue weighted by atomic mass is 16.4. The van der Waals surface area contributed by atoms with Crippen LogP contribution in [0.2, 0.25) is 0 Å². The second-order valence-electron chi connectivity index (χ2n) is 5.43. The van der Waals surface area contributed by atoms with Crippen LogP contribution in [0.15, 0.2) is 0 Å². The van der Waals surface area contributed by atoms with E-state index >= 15 is 0 Å². The third kappa shape index (κ3) is 2.61. The van der Waals surface area contributed by atoms with E-state index in [4.69, 9.17) is 0 Å². The molecule has 0 aromatic carbocycles. The van der Waals surface area contributed by atoms with E-state index in [0.29, 0.717) is 19.0 Å². The number of aliphatic carboxylic acids is 1. The van der Waals surface area contributed by atoms with Crippen molar-refractivity contribution in [1.29, 1.82) is 0 Å². The Kier molecular flexibility index (Phi) is 3.69. The molecule has 2 rings (SSSR count). The van der Waals surface area contributed by atoms with Gasteiger partial charge in [-0.15, -0.1) is 0 Å². The number of nitrogens with zero attached hydrogens (tertiary/aromatic N) is 1. The van der Waals surface area contributed by atoms with Gasteiger partial charge in [0.05, 0.1) is 5.92 Å². The van der Waals surface area contributed by atoms with Gasteiger partial charge in [-0.05, 0) is 11.8 Å². The summed E-state index contributed by atoms with van der Waals surface area (Å²) in [6.45, 7) is 2.59. The number of amides is 1. The van der Waals surface area contributed by atoms with Crippen molar-refractivity contribution in [2.45, 2.75) is 39.0 Å². The Morgan fingerprint density at radius 3 is 2.29 bits per heavy atom. The lowest BCUT2D eigenvalue weighted by Gasteiger charge is -2.29. The van der Waals surface area contributed by atoms with Gasteiger partial charge in [0.25, 0.3) is 0 Å². The molecule has 1 amide bonds. The number of carboxylic acids is 1. The molecule has 1 heterocycles. The predicted molar refractivity (Wildman–Crippen MR) is 63.4 cm³/mol. The molecule has 0 radical (unpaired) electrons. The number of carbonyl (C=O) groups excluding carboxylic acids is 1. The molecule has 0 aromatic rings. The quantitative estimate of drug-likeness (QED) is 0.798. The summed E-state index contributed by atoms with van der Waals surface area (Å²) in [5, 5.41) is 9.28. The fourth-order valence-electron chi connectivity index (χ4n) is 3.39. The maximum absolute atomic E-state index is 11.4. The van der Waals surface area contributed by atoms with Gasteiger partial charge >= 0.3 is 5.97 Å². The first-order chi connectivity index (χ1) is 8.09. The van der Waals surface area contributed by atoms with Crippen LogP contribution >= 0.6 is 0 Å². The SMILES string of the molecule is CC(=O)N1C[C@H](C(=O)O)[C@@H](C2CCCCC2)C1. The number of carbonyl (C=O) groups is 2. The fraction of sp³-hybridized carbons (Fsp3) is 0.846. The lowest BCUT2D eigenvalue weighted by Crippen LogP contribution is -2.29. The van der Waals surface area contributed by atoms with Crippen molar-refractivity contribution >= 4 is 11.9 Å². The summed E-state index contributed by atoms with van der Waals surface area (Å²) in [5.41, 5.74) is 0. The Balaban J connectivity index is 2.07. The van der Waals surface area contributed by atoms with Crippen LogP contribution in [-0.2, 0) is 9.59 Å². The number of carboxylic acid groups (broad SMARTS) is 1. The van der Waals surface area contributed by atoms with E-state index in [1.54, 1.807) is 4.90 Å². The van der Waals surface area contributed by atoms with Crippen molar-refractivity contribution in [3.05, 3.63) is 0 Å². The van der Waals surface area contributed by atoms with E-state index < -0.39 is 5.97 Å². The number of rotatable bonds is 2. The van der Waals surface area contributed by atoms with Gasteiger partial charge in [0.15, 0.2) is 0 Å². The van der Waals surface area contributed by atoms with Gasteiger partial charge in [-0.2, -0.15) is 0 Å². The summed E-state index contributed by atoms with van der Waals surface area (Å²) in [4.78, 5) is 24.4. The van der Waals surface area contributed by atoms with Crippen LogP contribution in [0.4, 0.5) is 0 Å². The predicted octanol–water partition coefficient (Wildman–Crippen LogP) is 1.75. The zero-order chi connectivity index (χ0) is 12.4. The third-order valence-electron chi connectivity index (χ3n) is 4.38. The summed E-state index contributed by atoms with van der Waals surface area (Å²) >= 11 is 0. The fourth-order valence-corrected chi connectivity index (χ4v) is 3.39. The van der Waals surface area contributed by atoms with E-state index in [1.807, 2.05) is 0 Å². The van der Waals surface area contributed by atoms with Crippen LogP contribution in [0, 0.1) is 17.8 Å². The van der Waals surface area contributed by atoms with Crippen LogP contribution in [0.25, 0.3) is 0 Å². The summed E-state index contributed by atoms with van der Waals surface area (Å²) < 4.78 is 0. The highest BCUT2D eigenvalue weighted by molar-refractivity contribution is 5.77. The molecule has 1 N–H and O–H groups in total. The molecule has 2 atom stereocenters. The second-order valence-corrected chi connectivity index (χ2v) is 5.43. The first-order valence-corrected chi connectivity index (χ1v) is 6.58. The van der Waals surface area contributed by atoms with Gasteiger partial charge < -0.3 is 10.0 Å². The van der Waals surface area contributed by atoms with Crippen molar-refractivity contribution in [2.24, 2.45) is 17.8 Å². The monoisotopic (exact) mass is 239 g/mol. The molecule has 4 nitrogen and oxygen atoms in total. The van der Waals surface area contributed by atoms with E-state index in [9.17, 15) is 14.7 Å². The Morgan fingerprint density at radius 1 is 1.12 bits per heavy atom. The normalized spacial score (nSPS) is 30.5. The van der Waals surface area contributed by atoms with Crippen molar-refractivity contribution in [1.82, 2.24) is 4.90 Å². The molecule has 2 fully saturated rings. The molecule has 17 heavy (non-hydrogen) atoms. The molecule has 96 valence electrons. The Hall–Kier alpha value is -1.06. The van der Waals surface area contributed by atoms with E-state index in [2.05, 4.69) is 0 Å². The summed E-state index contributed by atoms with van der Waals surface area (Å²) in [6, 6.07) is 0. The molecular weight excluding hydrogens is 218 g/mol. The first-order valence-electron chi connectivity index (χ1n) is 6.58. The van der Waals surface area contributed by atoms with Gasteiger partial charge in [0, 0.05) is 20.0 Å². The molecule has 1 saturated carbocycles. The van der Waals surface area contributed by atoms with Crippen LogP contribution in [0.1, 0.15) is 39.0 Å². The van der Waals surface area contributed by atoms with E-state index in [-0.39, 0.29) is 17.7 Å². The first kappa shape index (κ1) is 12.4. The average Bonchev–Trinajstić information content (AvgIpc) is 2.75. The van der Waals surface area contributed by atoms with Gasteiger partial charge in [-0.1, -0.05) is 32.1 Å². The van der Waals surface area contributed by atoms with Gasteiger partial charge in [-0.3, -0.25) is 9.59 Å². The smallest absolute Gasteiger partial charge is 0.308 e. The molecule has 0 bridgehead atoms. The van der Waals surface area contributed by atoms with Crippen molar-refractivity contribution in [3.8, 4) is 0 Å². The maximum atomic E-state index is 11.4.